The maximum absolute atomic E-state index is 13.0. The van der Waals surface area contributed by atoms with Crippen molar-refractivity contribution in [3.05, 3.63) is 57.8 Å². The molecule has 1 amide bonds. The SMILES string of the molecule is Cc1n[nH]c2ncc(C(=O)N3CCC[C@@H]3c3ccc(Br)cc3)cc12. The molecule has 3 aromatic rings. The molecule has 1 fully saturated rings. The van der Waals surface area contributed by atoms with Crippen LogP contribution in [-0.2, 0) is 0 Å². The maximum Gasteiger partial charge on any atom is 0.255 e. The first kappa shape index (κ1) is 15.3. The molecule has 122 valence electrons. The van der Waals surface area contributed by atoms with Gasteiger partial charge in [-0.3, -0.25) is 9.89 Å². The summed E-state index contributed by atoms with van der Waals surface area (Å²) in [6, 6.07) is 10.2. The van der Waals surface area contributed by atoms with Gasteiger partial charge in [0.15, 0.2) is 5.65 Å². The molecule has 1 N–H and O–H groups in total. The third-order valence-corrected chi connectivity index (χ3v) is 5.15. The van der Waals surface area contributed by atoms with E-state index in [2.05, 4.69) is 43.2 Å². The van der Waals surface area contributed by atoms with E-state index < -0.39 is 0 Å². The highest BCUT2D eigenvalue weighted by molar-refractivity contribution is 9.10. The van der Waals surface area contributed by atoms with Gasteiger partial charge in [0.2, 0.25) is 0 Å². The summed E-state index contributed by atoms with van der Waals surface area (Å²) in [4.78, 5) is 19.3. The first-order valence-corrected chi connectivity index (χ1v) is 8.80. The van der Waals surface area contributed by atoms with Crippen LogP contribution >= 0.6 is 15.9 Å². The van der Waals surface area contributed by atoms with Crippen molar-refractivity contribution in [2.45, 2.75) is 25.8 Å². The zero-order valence-corrected chi connectivity index (χ0v) is 14.9. The van der Waals surface area contributed by atoms with Crippen LogP contribution in [0.3, 0.4) is 0 Å². The molecule has 1 saturated heterocycles. The van der Waals surface area contributed by atoms with E-state index in [0.29, 0.717) is 5.56 Å². The van der Waals surface area contributed by atoms with Crippen molar-refractivity contribution in [2.24, 2.45) is 0 Å². The van der Waals surface area contributed by atoms with Gasteiger partial charge in [-0.2, -0.15) is 5.10 Å². The van der Waals surface area contributed by atoms with Gasteiger partial charge in [-0.1, -0.05) is 28.1 Å². The van der Waals surface area contributed by atoms with Crippen LogP contribution < -0.4 is 0 Å². The number of carbonyl (C=O) groups is 1. The van der Waals surface area contributed by atoms with Crippen LogP contribution in [0.15, 0.2) is 41.0 Å². The van der Waals surface area contributed by atoms with Crippen molar-refractivity contribution in [3.63, 3.8) is 0 Å². The van der Waals surface area contributed by atoms with E-state index in [1.54, 1.807) is 6.20 Å². The van der Waals surface area contributed by atoms with E-state index in [0.717, 1.165) is 40.6 Å². The number of hydrogen-bond acceptors (Lipinski definition) is 3. The number of aromatic amines is 1. The minimum atomic E-state index is 0.0374. The lowest BCUT2D eigenvalue weighted by atomic mass is 10.0. The van der Waals surface area contributed by atoms with Gasteiger partial charge in [-0.25, -0.2) is 4.98 Å². The van der Waals surface area contributed by atoms with Gasteiger partial charge in [0.1, 0.15) is 0 Å². The molecule has 24 heavy (non-hydrogen) atoms. The number of aryl methyl sites for hydroxylation is 1. The average molecular weight is 385 g/mol. The normalized spacial score (nSPS) is 17.6. The number of halogens is 1. The number of rotatable bonds is 2. The Morgan fingerprint density at radius 2 is 2.12 bits per heavy atom. The second-order valence-corrected chi connectivity index (χ2v) is 7.05. The minimum Gasteiger partial charge on any atom is -0.332 e. The summed E-state index contributed by atoms with van der Waals surface area (Å²) in [5, 5.41) is 7.92. The van der Waals surface area contributed by atoms with E-state index in [1.165, 1.54) is 5.56 Å². The number of nitrogens with one attached hydrogen (secondary N) is 1. The topological polar surface area (TPSA) is 61.9 Å². The molecule has 1 atom stereocenters. The third-order valence-electron chi connectivity index (χ3n) is 4.62. The number of aromatic nitrogens is 3. The molecule has 0 unspecified atom stereocenters. The van der Waals surface area contributed by atoms with Crippen LogP contribution in [0, 0.1) is 6.92 Å². The number of carbonyl (C=O) groups excluding carboxylic acids is 1. The first-order chi connectivity index (χ1) is 11.6. The molecule has 0 aliphatic carbocycles. The van der Waals surface area contributed by atoms with Crippen molar-refractivity contribution in [3.8, 4) is 0 Å². The fourth-order valence-corrected chi connectivity index (χ4v) is 3.62. The average Bonchev–Trinajstić information content (AvgIpc) is 3.22. The lowest BCUT2D eigenvalue weighted by molar-refractivity contribution is 0.0735. The van der Waals surface area contributed by atoms with E-state index >= 15 is 0 Å². The largest absolute Gasteiger partial charge is 0.332 e. The molecule has 0 bridgehead atoms. The first-order valence-electron chi connectivity index (χ1n) is 8.00. The molecule has 1 aromatic carbocycles. The van der Waals surface area contributed by atoms with Crippen LogP contribution in [-0.4, -0.2) is 32.5 Å². The second-order valence-electron chi connectivity index (χ2n) is 6.14. The molecule has 5 nitrogen and oxygen atoms in total. The summed E-state index contributed by atoms with van der Waals surface area (Å²) in [7, 11) is 0. The van der Waals surface area contributed by atoms with Crippen molar-refractivity contribution < 1.29 is 4.79 Å². The number of likely N-dealkylation sites (tertiary alicyclic amines) is 1. The third kappa shape index (κ3) is 2.60. The number of amides is 1. The Kier molecular flexibility index (Phi) is 3.84. The highest BCUT2D eigenvalue weighted by Gasteiger charge is 2.30. The molecule has 3 heterocycles. The van der Waals surface area contributed by atoms with Gasteiger partial charge in [0.25, 0.3) is 5.91 Å². The van der Waals surface area contributed by atoms with Gasteiger partial charge in [0.05, 0.1) is 17.3 Å². The molecule has 0 saturated carbocycles. The van der Waals surface area contributed by atoms with Crippen LogP contribution in [0.25, 0.3) is 11.0 Å². The standard InChI is InChI=1S/C18H17BrN4O/c1-11-15-9-13(10-20-17(15)22-21-11)18(24)23-8-2-3-16(23)12-4-6-14(19)7-5-12/h4-7,9-10,16H,2-3,8H2,1H3,(H,20,21,22)/t16-/m1/s1. The number of pyridine rings is 1. The molecular weight excluding hydrogens is 368 g/mol. The number of fused-ring (bicyclic) bond motifs is 1. The van der Waals surface area contributed by atoms with Gasteiger partial charge in [-0.15, -0.1) is 0 Å². The minimum absolute atomic E-state index is 0.0374. The van der Waals surface area contributed by atoms with Gasteiger partial charge >= 0.3 is 0 Å². The molecule has 6 heteroatoms. The van der Waals surface area contributed by atoms with Crippen molar-refractivity contribution >= 4 is 32.9 Å². The van der Waals surface area contributed by atoms with Gasteiger partial charge < -0.3 is 4.90 Å². The summed E-state index contributed by atoms with van der Waals surface area (Å²) in [6.45, 7) is 2.69. The fraction of sp³-hybridized carbons (Fsp3) is 0.278. The summed E-state index contributed by atoms with van der Waals surface area (Å²) < 4.78 is 1.05. The summed E-state index contributed by atoms with van der Waals surface area (Å²) in [5.74, 6) is 0.0374. The van der Waals surface area contributed by atoms with Crippen LogP contribution in [0.1, 0.15) is 40.5 Å². The Bertz CT molecular complexity index is 903. The number of nitrogens with zero attached hydrogens (tertiary/aromatic N) is 3. The number of hydrogen-bond donors (Lipinski definition) is 1. The highest BCUT2D eigenvalue weighted by Crippen LogP contribution is 2.33. The smallest absolute Gasteiger partial charge is 0.255 e. The summed E-state index contributed by atoms with van der Waals surface area (Å²) >= 11 is 3.46. The Balaban J connectivity index is 1.66. The highest BCUT2D eigenvalue weighted by atomic mass is 79.9. The van der Waals surface area contributed by atoms with Crippen LogP contribution in [0.2, 0.25) is 0 Å². The van der Waals surface area contributed by atoms with E-state index in [4.69, 9.17) is 0 Å². The maximum atomic E-state index is 13.0. The van der Waals surface area contributed by atoms with E-state index in [9.17, 15) is 4.79 Å². The predicted molar refractivity (Wildman–Crippen MR) is 95.8 cm³/mol. The zero-order chi connectivity index (χ0) is 16.7. The van der Waals surface area contributed by atoms with Gasteiger partial charge in [-0.05, 0) is 43.5 Å². The monoisotopic (exact) mass is 384 g/mol. The lowest BCUT2D eigenvalue weighted by Gasteiger charge is -2.25. The predicted octanol–water partition coefficient (Wildman–Crippen LogP) is 4.01. The molecular formula is C18H17BrN4O. The van der Waals surface area contributed by atoms with Crippen molar-refractivity contribution in [2.75, 3.05) is 6.54 Å². The Hall–Kier alpha value is -2.21. The fourth-order valence-electron chi connectivity index (χ4n) is 3.35. The van der Waals surface area contributed by atoms with Gasteiger partial charge in [0, 0.05) is 22.6 Å². The quantitative estimate of drug-likeness (QED) is 0.725. The van der Waals surface area contributed by atoms with Crippen LogP contribution in [0.5, 0.6) is 0 Å². The Labute approximate surface area is 148 Å². The molecule has 0 radical (unpaired) electrons. The second kappa shape index (κ2) is 6.02. The molecule has 4 rings (SSSR count). The zero-order valence-electron chi connectivity index (χ0n) is 13.3. The number of benzene rings is 1. The lowest BCUT2D eigenvalue weighted by Crippen LogP contribution is -2.30. The molecule has 0 spiro atoms. The number of H-pyrrole nitrogens is 1. The Morgan fingerprint density at radius 3 is 2.92 bits per heavy atom. The summed E-state index contributed by atoms with van der Waals surface area (Å²) in [5.41, 5.74) is 3.38. The molecule has 1 aliphatic heterocycles. The van der Waals surface area contributed by atoms with E-state index in [1.807, 2.05) is 30.0 Å². The Morgan fingerprint density at radius 1 is 1.33 bits per heavy atom. The van der Waals surface area contributed by atoms with Crippen molar-refractivity contribution in [1.82, 2.24) is 20.1 Å². The summed E-state index contributed by atoms with van der Waals surface area (Å²) in [6.07, 6.45) is 3.65. The van der Waals surface area contributed by atoms with Crippen LogP contribution in [0.4, 0.5) is 0 Å². The molecule has 1 aliphatic rings. The van der Waals surface area contributed by atoms with E-state index in [-0.39, 0.29) is 11.9 Å². The molecule has 2 aromatic heterocycles. The van der Waals surface area contributed by atoms with Crippen molar-refractivity contribution in [1.29, 1.82) is 0 Å².